The zero-order chi connectivity index (χ0) is 11.6. The third-order valence-electron chi connectivity index (χ3n) is 2.21. The highest BCUT2D eigenvalue weighted by atomic mass is 19.1. The Bertz CT molecular complexity index is 353. The number of phenols is 1. The van der Waals surface area contributed by atoms with Crippen LogP contribution in [0.4, 0.5) is 8.78 Å². The fourth-order valence-corrected chi connectivity index (χ4v) is 1.54. The molecule has 0 unspecified atom stereocenters. The van der Waals surface area contributed by atoms with Gasteiger partial charge in [0, 0.05) is 11.6 Å². The summed E-state index contributed by atoms with van der Waals surface area (Å²) in [4.78, 5) is 0. The van der Waals surface area contributed by atoms with Crippen molar-refractivity contribution in [1.82, 2.24) is 0 Å². The Morgan fingerprint density at radius 1 is 1.27 bits per heavy atom. The number of hydrogen-bond donors (Lipinski definition) is 2. The van der Waals surface area contributed by atoms with Gasteiger partial charge in [-0.15, -0.1) is 0 Å². The maximum absolute atomic E-state index is 13.3. The number of hydrogen-bond acceptors (Lipinski definition) is 2. The van der Waals surface area contributed by atoms with Gasteiger partial charge < -0.3 is 10.8 Å². The van der Waals surface area contributed by atoms with Crippen molar-refractivity contribution in [2.24, 2.45) is 11.7 Å². The van der Waals surface area contributed by atoms with E-state index in [1.165, 1.54) is 0 Å². The minimum Gasteiger partial charge on any atom is -0.505 e. The molecule has 1 aromatic carbocycles. The zero-order valence-corrected chi connectivity index (χ0v) is 8.80. The lowest BCUT2D eigenvalue weighted by Gasteiger charge is -2.16. The summed E-state index contributed by atoms with van der Waals surface area (Å²) in [7, 11) is 0. The molecule has 15 heavy (non-hydrogen) atoms. The maximum atomic E-state index is 13.3. The fraction of sp³-hybridized carbons (Fsp3) is 0.455. The van der Waals surface area contributed by atoms with Crippen LogP contribution in [-0.4, -0.2) is 5.11 Å². The largest absolute Gasteiger partial charge is 0.505 e. The Kier molecular flexibility index (Phi) is 3.63. The lowest BCUT2D eigenvalue weighted by atomic mass is 9.96. The lowest BCUT2D eigenvalue weighted by Crippen LogP contribution is -2.15. The molecule has 0 radical (unpaired) electrons. The van der Waals surface area contributed by atoms with Crippen molar-refractivity contribution in [3.05, 3.63) is 29.3 Å². The predicted octanol–water partition coefficient (Wildman–Crippen LogP) is 2.72. The summed E-state index contributed by atoms with van der Waals surface area (Å²) in [5.41, 5.74) is 5.56. The molecule has 2 nitrogen and oxygen atoms in total. The summed E-state index contributed by atoms with van der Waals surface area (Å²) < 4.78 is 26.3. The molecule has 0 aliphatic heterocycles. The Labute approximate surface area is 87.7 Å². The molecule has 0 amide bonds. The molecule has 1 atom stereocenters. The molecule has 0 aliphatic rings. The molecule has 0 heterocycles. The summed E-state index contributed by atoms with van der Waals surface area (Å²) in [6, 6.07) is 1.18. The van der Waals surface area contributed by atoms with Gasteiger partial charge in [0.25, 0.3) is 0 Å². The molecule has 0 aliphatic carbocycles. The highest BCUT2D eigenvalue weighted by Gasteiger charge is 2.19. The minimum absolute atomic E-state index is 0.135. The molecular formula is C11H15F2NO. The SMILES string of the molecule is CC(C)C[C@H](N)c1c(F)ccc(F)c1O. The molecule has 1 rings (SSSR count). The molecular weight excluding hydrogens is 200 g/mol. The summed E-state index contributed by atoms with van der Waals surface area (Å²) in [5, 5.41) is 9.37. The van der Waals surface area contributed by atoms with Crippen LogP contribution in [0.15, 0.2) is 12.1 Å². The lowest BCUT2D eigenvalue weighted by molar-refractivity contribution is 0.399. The highest BCUT2D eigenvalue weighted by Crippen LogP contribution is 2.31. The van der Waals surface area contributed by atoms with E-state index in [4.69, 9.17) is 5.73 Å². The summed E-state index contributed by atoms with van der Waals surface area (Å²) >= 11 is 0. The normalized spacial score (nSPS) is 13.2. The molecule has 84 valence electrons. The number of rotatable bonds is 3. The number of benzene rings is 1. The van der Waals surface area contributed by atoms with Gasteiger partial charge in [0.2, 0.25) is 0 Å². The monoisotopic (exact) mass is 215 g/mol. The molecule has 0 fully saturated rings. The van der Waals surface area contributed by atoms with Crippen LogP contribution in [0.3, 0.4) is 0 Å². The number of phenolic OH excluding ortho intramolecular Hbond substituents is 1. The van der Waals surface area contributed by atoms with E-state index in [0.29, 0.717) is 6.42 Å². The predicted molar refractivity (Wildman–Crippen MR) is 54.4 cm³/mol. The first-order valence-electron chi connectivity index (χ1n) is 4.86. The van der Waals surface area contributed by atoms with Crippen molar-refractivity contribution < 1.29 is 13.9 Å². The molecule has 0 saturated carbocycles. The quantitative estimate of drug-likeness (QED) is 0.814. The molecule has 3 N–H and O–H groups in total. The molecule has 0 saturated heterocycles. The van der Waals surface area contributed by atoms with E-state index >= 15 is 0 Å². The summed E-state index contributed by atoms with van der Waals surface area (Å²) in [5.74, 6) is -1.93. The van der Waals surface area contributed by atoms with Gasteiger partial charge in [0.15, 0.2) is 11.6 Å². The van der Waals surface area contributed by atoms with E-state index in [-0.39, 0.29) is 11.5 Å². The Balaban J connectivity index is 3.07. The standard InChI is InChI=1S/C11H15F2NO/c1-6(2)5-9(14)10-7(12)3-4-8(13)11(10)15/h3-4,6,9,15H,5,14H2,1-2H3/t9-/m0/s1. The fourth-order valence-electron chi connectivity index (χ4n) is 1.54. The summed E-state index contributed by atoms with van der Waals surface area (Å²) in [6.45, 7) is 3.85. The highest BCUT2D eigenvalue weighted by molar-refractivity contribution is 5.37. The van der Waals surface area contributed by atoms with E-state index in [1.54, 1.807) is 0 Å². The Morgan fingerprint density at radius 3 is 2.33 bits per heavy atom. The van der Waals surface area contributed by atoms with Crippen molar-refractivity contribution in [2.75, 3.05) is 0 Å². The molecule has 0 aromatic heterocycles. The van der Waals surface area contributed by atoms with E-state index in [1.807, 2.05) is 13.8 Å². The molecule has 0 bridgehead atoms. The van der Waals surface area contributed by atoms with Gasteiger partial charge in [-0.25, -0.2) is 8.78 Å². The zero-order valence-electron chi connectivity index (χ0n) is 8.80. The second kappa shape index (κ2) is 4.57. The van der Waals surface area contributed by atoms with Crippen LogP contribution in [0.1, 0.15) is 31.9 Å². The van der Waals surface area contributed by atoms with Gasteiger partial charge in [-0.05, 0) is 24.5 Å². The smallest absolute Gasteiger partial charge is 0.165 e. The van der Waals surface area contributed by atoms with E-state index in [0.717, 1.165) is 12.1 Å². The first-order chi connectivity index (χ1) is 6.93. The second-order valence-electron chi connectivity index (χ2n) is 4.03. The average molecular weight is 215 g/mol. The third kappa shape index (κ3) is 2.65. The second-order valence-corrected chi connectivity index (χ2v) is 4.03. The van der Waals surface area contributed by atoms with Gasteiger partial charge in [-0.3, -0.25) is 0 Å². The van der Waals surface area contributed by atoms with E-state index < -0.39 is 23.4 Å². The van der Waals surface area contributed by atoms with Crippen LogP contribution < -0.4 is 5.73 Å². The van der Waals surface area contributed by atoms with Crippen LogP contribution >= 0.6 is 0 Å². The molecule has 0 spiro atoms. The van der Waals surface area contributed by atoms with Crippen molar-refractivity contribution in [2.45, 2.75) is 26.3 Å². The van der Waals surface area contributed by atoms with Crippen molar-refractivity contribution in [3.63, 3.8) is 0 Å². The topological polar surface area (TPSA) is 46.2 Å². The minimum atomic E-state index is -0.842. The first kappa shape index (κ1) is 11.9. The van der Waals surface area contributed by atoms with Gasteiger partial charge in [0.1, 0.15) is 5.82 Å². The molecule has 1 aromatic rings. The van der Waals surface area contributed by atoms with Crippen LogP contribution in [-0.2, 0) is 0 Å². The van der Waals surface area contributed by atoms with Gasteiger partial charge in [0.05, 0.1) is 0 Å². The average Bonchev–Trinajstić information content (AvgIpc) is 2.11. The van der Waals surface area contributed by atoms with Crippen molar-refractivity contribution >= 4 is 0 Å². The van der Waals surface area contributed by atoms with Crippen LogP contribution in [0.25, 0.3) is 0 Å². The van der Waals surface area contributed by atoms with Crippen LogP contribution in [0, 0.1) is 17.6 Å². The van der Waals surface area contributed by atoms with Gasteiger partial charge in [-0.2, -0.15) is 0 Å². The Hall–Kier alpha value is -1.16. The molecule has 4 heteroatoms. The summed E-state index contributed by atoms with van der Waals surface area (Å²) in [6.07, 6.45) is 0.494. The van der Waals surface area contributed by atoms with Crippen molar-refractivity contribution in [3.8, 4) is 5.75 Å². The Morgan fingerprint density at radius 2 is 1.80 bits per heavy atom. The number of aromatic hydroxyl groups is 1. The van der Waals surface area contributed by atoms with Crippen LogP contribution in [0.2, 0.25) is 0 Å². The van der Waals surface area contributed by atoms with E-state index in [2.05, 4.69) is 0 Å². The number of nitrogens with two attached hydrogens (primary N) is 1. The van der Waals surface area contributed by atoms with Gasteiger partial charge >= 0.3 is 0 Å². The van der Waals surface area contributed by atoms with Gasteiger partial charge in [-0.1, -0.05) is 13.8 Å². The van der Waals surface area contributed by atoms with E-state index in [9.17, 15) is 13.9 Å². The maximum Gasteiger partial charge on any atom is 0.165 e. The third-order valence-corrected chi connectivity index (χ3v) is 2.21. The van der Waals surface area contributed by atoms with Crippen molar-refractivity contribution in [1.29, 1.82) is 0 Å². The number of halogens is 2. The van der Waals surface area contributed by atoms with Crippen LogP contribution in [0.5, 0.6) is 5.75 Å². The first-order valence-corrected chi connectivity index (χ1v) is 4.86.